The molecule has 9 N–H and O–H groups in total. The summed E-state index contributed by atoms with van der Waals surface area (Å²) in [4.78, 5) is 71.4. The molecule has 4 amide bonds. The first-order valence-electron chi connectivity index (χ1n) is 12.9. The van der Waals surface area contributed by atoms with Gasteiger partial charge in [0.05, 0.1) is 24.5 Å². The molecule has 238 valence electrons. The second kappa shape index (κ2) is 13.3. The highest BCUT2D eigenvalue weighted by atomic mass is 32.2. The Balaban J connectivity index is 1.46. The normalized spacial score (nSPS) is 20.2. The maximum absolute atomic E-state index is 13.3. The summed E-state index contributed by atoms with van der Waals surface area (Å²) in [7, 11) is 0. The molecule has 0 radical (unpaired) electrons. The van der Waals surface area contributed by atoms with Crippen LogP contribution in [0.1, 0.15) is 43.5 Å². The minimum Gasteiger partial charge on any atom is -0.503 e. The Morgan fingerprint density at radius 3 is 2.55 bits per heavy atom. The first-order valence-corrected chi connectivity index (χ1v) is 14.9. The van der Waals surface area contributed by atoms with Gasteiger partial charge in [0.25, 0.3) is 23.1 Å². The van der Waals surface area contributed by atoms with Crippen molar-refractivity contribution < 1.29 is 48.2 Å². The quantitative estimate of drug-likeness (QED) is 0.0458. The molecule has 0 aromatic carbocycles. The molecule has 3 heterocycles. The Hall–Kier alpha value is -4.76. The Morgan fingerprint density at radius 1 is 1.23 bits per heavy atom. The molecular formula is C23H28N8O11S2. The van der Waals surface area contributed by atoms with E-state index in [2.05, 4.69) is 26.1 Å². The van der Waals surface area contributed by atoms with Crippen molar-refractivity contribution in [2.24, 2.45) is 5.16 Å². The SMILES string of the molecule is Nc1nc(C(=NOC2(C(=O)O)CCCCC2)C(=O)NC2C(=O)N(S(=O)O)C2CNC(=O)NCc2cc(=O)c(O)cn2O)cs1. The van der Waals surface area contributed by atoms with Gasteiger partial charge in [0.2, 0.25) is 11.0 Å². The van der Waals surface area contributed by atoms with Crippen LogP contribution in [0.25, 0.3) is 0 Å². The molecule has 3 unspecified atom stereocenters. The van der Waals surface area contributed by atoms with Crippen LogP contribution >= 0.6 is 11.3 Å². The number of pyridine rings is 1. The third-order valence-electron chi connectivity index (χ3n) is 6.96. The molecule has 1 saturated heterocycles. The summed E-state index contributed by atoms with van der Waals surface area (Å²) in [5.41, 5.74) is 2.57. The van der Waals surface area contributed by atoms with Gasteiger partial charge in [0.15, 0.2) is 16.6 Å². The van der Waals surface area contributed by atoms with Crippen molar-refractivity contribution in [3.63, 3.8) is 0 Å². The van der Waals surface area contributed by atoms with Gasteiger partial charge in [-0.2, -0.15) is 4.73 Å². The summed E-state index contributed by atoms with van der Waals surface area (Å²) in [6, 6.07) is -2.64. The van der Waals surface area contributed by atoms with Crippen LogP contribution in [-0.4, -0.2) is 92.0 Å². The molecule has 1 aliphatic heterocycles. The van der Waals surface area contributed by atoms with E-state index in [1.54, 1.807) is 0 Å². The number of carbonyl (C=O) groups is 4. The number of aromatic nitrogens is 2. The van der Waals surface area contributed by atoms with E-state index in [9.17, 15) is 48.2 Å². The highest BCUT2D eigenvalue weighted by Gasteiger charge is 2.52. The number of nitrogens with zero attached hydrogens (tertiary/aromatic N) is 4. The summed E-state index contributed by atoms with van der Waals surface area (Å²) in [5.74, 6) is -3.97. The number of oxime groups is 1. The molecule has 0 spiro atoms. The van der Waals surface area contributed by atoms with Gasteiger partial charge in [0.1, 0.15) is 11.7 Å². The molecule has 1 aliphatic carbocycles. The van der Waals surface area contributed by atoms with Crippen molar-refractivity contribution in [1.29, 1.82) is 0 Å². The lowest BCUT2D eigenvalue weighted by Crippen LogP contribution is -2.73. The highest BCUT2D eigenvalue weighted by molar-refractivity contribution is 7.77. The number of aliphatic carboxylic acids is 1. The first kappa shape index (κ1) is 32.2. The Morgan fingerprint density at radius 2 is 1.93 bits per heavy atom. The number of amides is 4. The first-order chi connectivity index (χ1) is 20.8. The van der Waals surface area contributed by atoms with Gasteiger partial charge >= 0.3 is 12.0 Å². The molecule has 44 heavy (non-hydrogen) atoms. The third kappa shape index (κ3) is 6.89. The topological polar surface area (TPSA) is 288 Å². The second-order valence-corrected chi connectivity index (χ2v) is 11.5. The molecule has 2 fully saturated rings. The Labute approximate surface area is 254 Å². The van der Waals surface area contributed by atoms with Crippen LogP contribution in [0.4, 0.5) is 9.93 Å². The minimum atomic E-state index is -2.82. The molecule has 4 rings (SSSR count). The molecule has 21 heteroatoms. The highest BCUT2D eigenvalue weighted by Crippen LogP contribution is 2.32. The van der Waals surface area contributed by atoms with Crippen molar-refractivity contribution in [2.45, 2.75) is 56.3 Å². The van der Waals surface area contributed by atoms with E-state index in [0.29, 0.717) is 21.9 Å². The van der Waals surface area contributed by atoms with Crippen LogP contribution in [0.15, 0.2) is 27.6 Å². The van der Waals surface area contributed by atoms with Crippen LogP contribution < -0.4 is 27.1 Å². The van der Waals surface area contributed by atoms with E-state index in [-0.39, 0.29) is 35.9 Å². The largest absolute Gasteiger partial charge is 0.503 e. The molecule has 19 nitrogen and oxygen atoms in total. The van der Waals surface area contributed by atoms with Crippen LogP contribution in [0.2, 0.25) is 0 Å². The van der Waals surface area contributed by atoms with Gasteiger partial charge in [-0.05, 0) is 12.8 Å². The van der Waals surface area contributed by atoms with Crippen molar-refractivity contribution in [3.8, 4) is 5.75 Å². The molecule has 2 aromatic rings. The zero-order valence-corrected chi connectivity index (χ0v) is 24.3. The lowest BCUT2D eigenvalue weighted by Gasteiger charge is -2.44. The van der Waals surface area contributed by atoms with Crippen LogP contribution in [-0.2, 0) is 37.0 Å². The van der Waals surface area contributed by atoms with Crippen molar-refractivity contribution in [3.05, 3.63) is 39.3 Å². The fraction of sp³-hybridized carbons (Fsp3) is 0.435. The predicted octanol–water partition coefficient (Wildman–Crippen LogP) is -1.33. The van der Waals surface area contributed by atoms with Crippen molar-refractivity contribution in [2.75, 3.05) is 12.3 Å². The number of nitrogen functional groups attached to an aromatic ring is 1. The number of aromatic hydroxyl groups is 1. The van der Waals surface area contributed by atoms with Crippen molar-refractivity contribution in [1.82, 2.24) is 30.0 Å². The molecule has 2 aromatic heterocycles. The zero-order chi connectivity index (χ0) is 32.2. The van der Waals surface area contributed by atoms with Gasteiger partial charge in [-0.15, -0.1) is 11.3 Å². The smallest absolute Gasteiger partial charge is 0.350 e. The van der Waals surface area contributed by atoms with Gasteiger partial charge in [-0.1, -0.05) is 11.6 Å². The van der Waals surface area contributed by atoms with E-state index in [1.165, 1.54) is 5.38 Å². The number of nitrogens with two attached hydrogens (primary N) is 1. The average Bonchev–Trinajstić information content (AvgIpc) is 3.40. The fourth-order valence-corrected chi connectivity index (χ4v) is 5.84. The molecular weight excluding hydrogens is 628 g/mol. The number of carboxylic acids is 1. The number of hydrogen-bond acceptors (Lipinski definition) is 13. The standard InChI is InChI=1S/C23H28N8O11S2/c24-21-27-12(10-43-21)16(29-42-23(20(36)37)4-2-1-3-5-23)18(34)28-17-13(31(19(17)35)44(40)41)8-26-22(38)25-7-11-6-14(32)15(33)9-30(11)39/h6,9-10,13,17,33,39H,1-5,7-8H2,(H2,24,27)(H,28,34)(H,36,37)(H,40,41)(H2,25,26,38). The number of carboxylic acid groups (broad SMARTS) is 1. The fourth-order valence-electron chi connectivity index (χ4n) is 4.60. The van der Waals surface area contributed by atoms with E-state index in [4.69, 9.17) is 10.6 Å². The Bertz CT molecular complexity index is 1570. The molecule has 1 saturated carbocycles. The summed E-state index contributed by atoms with van der Waals surface area (Å²) in [6.07, 6.45) is 2.97. The molecule has 0 bridgehead atoms. The van der Waals surface area contributed by atoms with E-state index >= 15 is 0 Å². The number of nitrogens with one attached hydrogen (secondary N) is 3. The number of urea groups is 1. The van der Waals surface area contributed by atoms with Crippen molar-refractivity contribution >= 4 is 57.3 Å². The zero-order valence-electron chi connectivity index (χ0n) is 22.7. The number of hydrogen-bond donors (Lipinski definition) is 8. The minimum absolute atomic E-state index is 0.0614. The maximum Gasteiger partial charge on any atom is 0.350 e. The number of β-lactam (4-membered cyclic amide) rings is 1. The number of rotatable bonds is 11. The van der Waals surface area contributed by atoms with Crippen LogP contribution in [0, 0.1) is 0 Å². The number of carbonyl (C=O) groups excluding carboxylic acids is 3. The van der Waals surface area contributed by atoms with Gasteiger partial charge in [0, 0.05) is 30.8 Å². The lowest BCUT2D eigenvalue weighted by atomic mass is 9.85. The maximum atomic E-state index is 13.3. The lowest BCUT2D eigenvalue weighted by molar-refractivity contribution is -0.171. The van der Waals surface area contributed by atoms with Crippen LogP contribution in [0.3, 0.4) is 0 Å². The van der Waals surface area contributed by atoms with Gasteiger partial charge in [-0.3, -0.25) is 18.9 Å². The van der Waals surface area contributed by atoms with E-state index in [0.717, 1.165) is 30.0 Å². The third-order valence-corrected chi connectivity index (χ3v) is 8.42. The number of anilines is 1. The summed E-state index contributed by atoms with van der Waals surface area (Å²) >= 11 is -1.86. The summed E-state index contributed by atoms with van der Waals surface area (Å²) < 4.78 is 22.3. The van der Waals surface area contributed by atoms with E-state index < -0.39 is 76.2 Å². The Kier molecular flexibility index (Phi) is 9.69. The summed E-state index contributed by atoms with van der Waals surface area (Å²) in [6.45, 7) is -0.809. The predicted molar refractivity (Wildman–Crippen MR) is 151 cm³/mol. The monoisotopic (exact) mass is 656 g/mol. The van der Waals surface area contributed by atoms with Gasteiger partial charge in [-0.25, -0.2) is 23.1 Å². The second-order valence-electron chi connectivity index (χ2n) is 9.80. The molecule has 2 aliphatic rings. The van der Waals surface area contributed by atoms with Gasteiger partial charge < -0.3 is 41.9 Å². The summed E-state index contributed by atoms with van der Waals surface area (Å²) in [5, 5.41) is 41.2. The number of thiazole rings is 1. The van der Waals surface area contributed by atoms with E-state index in [1.807, 2.05) is 0 Å². The molecule has 3 atom stereocenters. The average molecular weight is 657 g/mol. The van der Waals surface area contributed by atoms with Crippen LogP contribution in [0.5, 0.6) is 5.75 Å².